The Kier molecular flexibility index (Phi) is 10.8. The fraction of sp³-hybridized carbons (Fsp3) is 0.579. The fourth-order valence-electron chi connectivity index (χ4n) is 2.80. The van der Waals surface area contributed by atoms with Crippen molar-refractivity contribution in [3.05, 3.63) is 23.8 Å². The number of amides is 1. The number of carbonyl (C=O) groups is 2. The van der Waals surface area contributed by atoms with E-state index in [1.807, 2.05) is 0 Å². The summed E-state index contributed by atoms with van der Waals surface area (Å²) in [6.07, 6.45) is 1.05. The van der Waals surface area contributed by atoms with Gasteiger partial charge in [0.05, 0.1) is 13.7 Å². The fourth-order valence-corrected chi connectivity index (χ4v) is 2.80. The second-order valence-electron chi connectivity index (χ2n) is 6.32. The molecule has 2 N–H and O–H groups in total. The minimum Gasteiger partial charge on any atom is -0.493 e. The first kappa shape index (κ1) is 23.2. The summed E-state index contributed by atoms with van der Waals surface area (Å²) >= 11 is 0. The van der Waals surface area contributed by atoms with Gasteiger partial charge in [0.25, 0.3) is 0 Å². The number of Topliss-reactive ketones (excluding diaryl/α,β-unsaturated/α-hetero) is 1. The zero-order valence-electron chi connectivity index (χ0n) is 16.1. The average Bonchev–Trinajstić information content (AvgIpc) is 2.66. The second kappa shape index (κ2) is 12.5. The minimum absolute atomic E-state index is 0. The molecule has 0 aliphatic carbocycles. The van der Waals surface area contributed by atoms with Gasteiger partial charge in [0.1, 0.15) is 0 Å². The van der Waals surface area contributed by atoms with Gasteiger partial charge in [0.2, 0.25) is 5.91 Å². The highest BCUT2D eigenvalue weighted by molar-refractivity contribution is 5.94. The van der Waals surface area contributed by atoms with Gasteiger partial charge in [-0.1, -0.05) is 0 Å². The largest absolute Gasteiger partial charge is 0.493 e. The number of nitrogens with one attached hydrogen (secondary N) is 2. The van der Waals surface area contributed by atoms with E-state index in [0.717, 1.165) is 32.7 Å². The first-order chi connectivity index (χ1) is 12.6. The zero-order chi connectivity index (χ0) is 18.8. The molecular formula is C19H30ClN3O4. The highest BCUT2D eigenvalue weighted by Gasteiger charge is 2.10. The number of methoxy groups -OCH3 is 1. The third kappa shape index (κ3) is 8.15. The van der Waals surface area contributed by atoms with Crippen LogP contribution in [0.5, 0.6) is 11.5 Å². The van der Waals surface area contributed by atoms with Gasteiger partial charge < -0.3 is 20.1 Å². The van der Waals surface area contributed by atoms with Gasteiger partial charge >= 0.3 is 0 Å². The molecule has 1 heterocycles. The normalized spacial score (nSPS) is 14.1. The maximum Gasteiger partial charge on any atom is 0.220 e. The summed E-state index contributed by atoms with van der Waals surface area (Å²) in [6.45, 7) is 7.60. The molecule has 27 heavy (non-hydrogen) atoms. The molecule has 0 aromatic heterocycles. The highest BCUT2D eigenvalue weighted by atomic mass is 35.5. The summed E-state index contributed by atoms with van der Waals surface area (Å²) in [5.41, 5.74) is 0.582. The van der Waals surface area contributed by atoms with Crippen LogP contribution in [-0.4, -0.2) is 69.6 Å². The standard InChI is InChI=1S/C19H29N3O4.ClH/c1-15(23)16-5-6-17(18(14-16)25-2)26-13-3-4-19(24)21-9-12-22-10-7-20-8-11-22;/h5-6,14,20H,3-4,7-13H2,1-2H3,(H,21,24);1H. The van der Waals surface area contributed by atoms with Crippen LogP contribution in [0.3, 0.4) is 0 Å². The van der Waals surface area contributed by atoms with E-state index in [1.54, 1.807) is 18.2 Å². The predicted octanol–water partition coefficient (Wildman–Crippen LogP) is 1.50. The van der Waals surface area contributed by atoms with E-state index in [2.05, 4.69) is 15.5 Å². The molecule has 0 bridgehead atoms. The van der Waals surface area contributed by atoms with Crippen molar-refractivity contribution >= 4 is 24.1 Å². The van der Waals surface area contributed by atoms with Crippen LogP contribution in [0.25, 0.3) is 0 Å². The number of ether oxygens (including phenoxy) is 2. The van der Waals surface area contributed by atoms with Crippen LogP contribution in [0.4, 0.5) is 0 Å². The van der Waals surface area contributed by atoms with Crippen LogP contribution < -0.4 is 20.1 Å². The molecular weight excluding hydrogens is 370 g/mol. The Morgan fingerprint density at radius 3 is 2.63 bits per heavy atom. The molecule has 1 saturated heterocycles. The molecule has 0 radical (unpaired) electrons. The van der Waals surface area contributed by atoms with E-state index >= 15 is 0 Å². The summed E-state index contributed by atoms with van der Waals surface area (Å²) in [4.78, 5) is 25.6. The maximum atomic E-state index is 11.9. The Morgan fingerprint density at radius 2 is 1.96 bits per heavy atom. The smallest absolute Gasteiger partial charge is 0.220 e. The highest BCUT2D eigenvalue weighted by Crippen LogP contribution is 2.28. The lowest BCUT2D eigenvalue weighted by Gasteiger charge is -2.27. The van der Waals surface area contributed by atoms with E-state index in [9.17, 15) is 9.59 Å². The molecule has 1 aliphatic rings. The van der Waals surface area contributed by atoms with Crippen LogP contribution in [0.2, 0.25) is 0 Å². The summed E-state index contributed by atoms with van der Waals surface area (Å²) in [7, 11) is 1.54. The predicted molar refractivity (Wildman–Crippen MR) is 107 cm³/mol. The summed E-state index contributed by atoms with van der Waals surface area (Å²) < 4.78 is 10.9. The van der Waals surface area contributed by atoms with E-state index in [-0.39, 0.29) is 24.1 Å². The number of nitrogens with zero attached hydrogens (tertiary/aromatic N) is 1. The van der Waals surface area contributed by atoms with Gasteiger partial charge in [0, 0.05) is 51.3 Å². The molecule has 152 valence electrons. The molecule has 0 unspecified atom stereocenters. The molecule has 0 saturated carbocycles. The molecule has 8 heteroatoms. The van der Waals surface area contributed by atoms with Crippen molar-refractivity contribution in [1.82, 2.24) is 15.5 Å². The number of ketones is 1. The number of piperazine rings is 1. The Hall–Kier alpha value is -1.83. The number of hydrogen-bond acceptors (Lipinski definition) is 6. The average molecular weight is 400 g/mol. The second-order valence-corrected chi connectivity index (χ2v) is 6.32. The van der Waals surface area contributed by atoms with Gasteiger partial charge in [-0.3, -0.25) is 14.5 Å². The number of hydrogen-bond donors (Lipinski definition) is 2. The topological polar surface area (TPSA) is 79.9 Å². The van der Waals surface area contributed by atoms with Gasteiger partial charge in [-0.25, -0.2) is 0 Å². The van der Waals surface area contributed by atoms with E-state index < -0.39 is 0 Å². The summed E-state index contributed by atoms with van der Waals surface area (Å²) in [5.74, 6) is 1.13. The SMILES string of the molecule is COc1cc(C(C)=O)ccc1OCCCC(=O)NCCN1CCNCC1.Cl. The molecule has 1 aromatic carbocycles. The number of halogens is 1. The molecule has 2 rings (SSSR count). The summed E-state index contributed by atoms with van der Waals surface area (Å²) in [5, 5.41) is 6.26. The monoisotopic (exact) mass is 399 g/mol. The van der Waals surface area contributed by atoms with Crippen molar-refractivity contribution in [1.29, 1.82) is 0 Å². The van der Waals surface area contributed by atoms with E-state index in [4.69, 9.17) is 9.47 Å². The number of rotatable bonds is 10. The van der Waals surface area contributed by atoms with Crippen LogP contribution in [0, 0.1) is 0 Å². The lowest BCUT2D eigenvalue weighted by Crippen LogP contribution is -2.46. The van der Waals surface area contributed by atoms with Crippen molar-refractivity contribution in [2.75, 3.05) is 53.0 Å². The molecule has 1 amide bonds. The third-order valence-corrected chi connectivity index (χ3v) is 4.34. The minimum atomic E-state index is -0.0210. The lowest BCUT2D eigenvalue weighted by atomic mass is 10.1. The molecule has 0 atom stereocenters. The van der Waals surface area contributed by atoms with Gasteiger partial charge in [-0.2, -0.15) is 0 Å². The number of carbonyl (C=O) groups excluding carboxylic acids is 2. The molecule has 1 aromatic rings. The van der Waals surface area contributed by atoms with Gasteiger partial charge in [-0.05, 0) is 31.5 Å². The molecule has 1 aliphatic heterocycles. The van der Waals surface area contributed by atoms with Gasteiger partial charge in [-0.15, -0.1) is 12.4 Å². The first-order valence-corrected chi connectivity index (χ1v) is 9.11. The van der Waals surface area contributed by atoms with Crippen molar-refractivity contribution < 1.29 is 19.1 Å². The van der Waals surface area contributed by atoms with E-state index in [0.29, 0.717) is 43.1 Å². The zero-order valence-corrected chi connectivity index (χ0v) is 16.9. The molecule has 0 spiro atoms. The summed E-state index contributed by atoms with van der Waals surface area (Å²) in [6, 6.07) is 5.10. The quantitative estimate of drug-likeness (QED) is 0.458. The van der Waals surface area contributed by atoms with Crippen LogP contribution >= 0.6 is 12.4 Å². The van der Waals surface area contributed by atoms with Crippen LogP contribution in [0.15, 0.2) is 18.2 Å². The Balaban J connectivity index is 0.00000364. The van der Waals surface area contributed by atoms with Crippen LogP contribution in [-0.2, 0) is 4.79 Å². The Bertz CT molecular complexity index is 607. The molecule has 1 fully saturated rings. The Labute approximate surface area is 167 Å². The van der Waals surface area contributed by atoms with Crippen molar-refractivity contribution in [2.45, 2.75) is 19.8 Å². The van der Waals surface area contributed by atoms with E-state index in [1.165, 1.54) is 14.0 Å². The van der Waals surface area contributed by atoms with Crippen molar-refractivity contribution in [3.8, 4) is 11.5 Å². The third-order valence-electron chi connectivity index (χ3n) is 4.34. The first-order valence-electron chi connectivity index (χ1n) is 9.11. The Morgan fingerprint density at radius 1 is 1.22 bits per heavy atom. The van der Waals surface area contributed by atoms with Gasteiger partial charge in [0.15, 0.2) is 17.3 Å². The van der Waals surface area contributed by atoms with Crippen molar-refractivity contribution in [2.24, 2.45) is 0 Å². The molecule has 7 nitrogen and oxygen atoms in total. The number of benzene rings is 1. The van der Waals surface area contributed by atoms with Crippen LogP contribution in [0.1, 0.15) is 30.1 Å². The maximum absolute atomic E-state index is 11.9. The lowest BCUT2D eigenvalue weighted by molar-refractivity contribution is -0.121. The van der Waals surface area contributed by atoms with Crippen molar-refractivity contribution in [3.63, 3.8) is 0 Å².